The van der Waals surface area contributed by atoms with Gasteiger partial charge in [0.25, 0.3) is 0 Å². The van der Waals surface area contributed by atoms with Crippen LogP contribution in [0.5, 0.6) is 0 Å². The maximum atomic E-state index is 6.17. The summed E-state index contributed by atoms with van der Waals surface area (Å²) in [6, 6.07) is 9.50. The summed E-state index contributed by atoms with van der Waals surface area (Å²) in [5.41, 5.74) is 1.62. The molecule has 0 atom stereocenters. The number of rotatable bonds is 4. The van der Waals surface area contributed by atoms with Crippen molar-refractivity contribution in [3.63, 3.8) is 0 Å². The van der Waals surface area contributed by atoms with E-state index < -0.39 is 8.32 Å². The summed E-state index contributed by atoms with van der Waals surface area (Å²) < 4.78 is 11.5. The van der Waals surface area contributed by atoms with Crippen LogP contribution in [0.25, 0.3) is 11.3 Å². The summed E-state index contributed by atoms with van der Waals surface area (Å²) in [5.74, 6) is 0.731. The molecule has 5 heteroatoms. The van der Waals surface area contributed by atoms with E-state index in [4.69, 9.17) is 20.6 Å². The molecule has 0 N–H and O–H groups in total. The Bertz CT molecular complexity index is 617. The second-order valence-electron chi connectivity index (χ2n) is 6.71. The third kappa shape index (κ3) is 3.76. The second-order valence-corrected chi connectivity index (χ2v) is 11.9. The molecule has 1 heterocycles. The average molecular weight is 324 g/mol. The van der Waals surface area contributed by atoms with Gasteiger partial charge in [-0.2, -0.15) is 0 Å². The van der Waals surface area contributed by atoms with Crippen LogP contribution in [0.3, 0.4) is 0 Å². The maximum Gasteiger partial charge on any atom is 0.192 e. The zero-order valence-corrected chi connectivity index (χ0v) is 15.0. The van der Waals surface area contributed by atoms with Crippen molar-refractivity contribution in [3.05, 3.63) is 41.1 Å². The smallest absolute Gasteiger partial charge is 0.192 e. The van der Waals surface area contributed by atoms with Crippen LogP contribution >= 0.6 is 11.6 Å². The van der Waals surface area contributed by atoms with Crippen molar-refractivity contribution in [1.29, 1.82) is 0 Å². The van der Waals surface area contributed by atoms with Crippen molar-refractivity contribution < 1.29 is 8.95 Å². The minimum absolute atomic E-state index is 0.179. The average Bonchev–Trinajstić information content (AvgIpc) is 2.84. The standard InChI is InChI=1S/C16H22ClNO2Si/c1-16(2,3)21(4,5)19-11-12-10-15(18-20-12)13-8-6-7-9-14(13)17/h6-10H,11H2,1-5H3. The van der Waals surface area contributed by atoms with Crippen molar-refractivity contribution in [3.8, 4) is 11.3 Å². The van der Waals surface area contributed by atoms with Gasteiger partial charge in [-0.05, 0) is 24.2 Å². The lowest BCUT2D eigenvalue weighted by molar-refractivity contribution is 0.230. The van der Waals surface area contributed by atoms with Crippen LogP contribution in [0, 0.1) is 0 Å². The van der Waals surface area contributed by atoms with E-state index in [-0.39, 0.29) is 5.04 Å². The van der Waals surface area contributed by atoms with Crippen molar-refractivity contribution in [2.24, 2.45) is 0 Å². The first-order chi connectivity index (χ1) is 9.71. The van der Waals surface area contributed by atoms with Crippen molar-refractivity contribution >= 4 is 19.9 Å². The number of hydrogen-bond donors (Lipinski definition) is 0. The first-order valence-corrected chi connectivity index (χ1v) is 10.3. The zero-order chi connectivity index (χ0) is 15.7. The zero-order valence-electron chi connectivity index (χ0n) is 13.2. The molecule has 21 heavy (non-hydrogen) atoms. The second kappa shape index (κ2) is 5.95. The molecule has 1 aromatic heterocycles. The topological polar surface area (TPSA) is 35.3 Å². The van der Waals surface area contributed by atoms with Crippen LogP contribution in [0.4, 0.5) is 0 Å². The molecule has 0 radical (unpaired) electrons. The van der Waals surface area contributed by atoms with Crippen molar-refractivity contribution in [1.82, 2.24) is 5.16 Å². The van der Waals surface area contributed by atoms with Crippen LogP contribution in [-0.2, 0) is 11.0 Å². The fourth-order valence-electron chi connectivity index (χ4n) is 1.64. The lowest BCUT2D eigenvalue weighted by Gasteiger charge is -2.35. The van der Waals surface area contributed by atoms with Gasteiger partial charge >= 0.3 is 0 Å². The van der Waals surface area contributed by atoms with Crippen LogP contribution in [-0.4, -0.2) is 13.5 Å². The van der Waals surface area contributed by atoms with Crippen LogP contribution < -0.4 is 0 Å². The molecule has 0 amide bonds. The Morgan fingerprint density at radius 3 is 2.52 bits per heavy atom. The molecule has 0 aliphatic heterocycles. The highest BCUT2D eigenvalue weighted by atomic mass is 35.5. The first-order valence-electron chi connectivity index (χ1n) is 7.05. The molecule has 114 valence electrons. The molecule has 0 saturated carbocycles. The fraction of sp³-hybridized carbons (Fsp3) is 0.438. The van der Waals surface area contributed by atoms with Gasteiger partial charge in [-0.1, -0.05) is 55.7 Å². The largest absolute Gasteiger partial charge is 0.409 e. The number of halogens is 1. The minimum atomic E-state index is -1.78. The third-order valence-corrected chi connectivity index (χ3v) is 8.90. The predicted octanol–water partition coefficient (Wildman–Crippen LogP) is 5.52. The Morgan fingerprint density at radius 2 is 1.90 bits per heavy atom. The molecule has 1 aromatic carbocycles. The molecule has 0 unspecified atom stereocenters. The van der Waals surface area contributed by atoms with Gasteiger partial charge in [0, 0.05) is 11.6 Å². The first kappa shape index (κ1) is 16.3. The molecule has 0 bridgehead atoms. The number of hydrogen-bond acceptors (Lipinski definition) is 3. The molecular weight excluding hydrogens is 302 g/mol. The Balaban J connectivity index is 2.10. The Kier molecular flexibility index (Phi) is 4.61. The molecule has 3 nitrogen and oxygen atoms in total. The van der Waals surface area contributed by atoms with Gasteiger partial charge in [-0.15, -0.1) is 0 Å². The van der Waals surface area contributed by atoms with Crippen molar-refractivity contribution in [2.75, 3.05) is 0 Å². The van der Waals surface area contributed by atoms with Gasteiger partial charge in [-0.25, -0.2) is 0 Å². The van der Waals surface area contributed by atoms with Crippen LogP contribution in [0.15, 0.2) is 34.9 Å². The maximum absolute atomic E-state index is 6.17. The number of nitrogens with zero attached hydrogens (tertiary/aromatic N) is 1. The van der Waals surface area contributed by atoms with Gasteiger partial charge in [0.05, 0.1) is 11.6 Å². The predicted molar refractivity (Wildman–Crippen MR) is 88.9 cm³/mol. The Hall–Kier alpha value is -1.10. The molecule has 0 fully saturated rings. The summed E-state index contributed by atoms with van der Waals surface area (Å²) in [6.45, 7) is 11.5. The summed E-state index contributed by atoms with van der Waals surface area (Å²) in [4.78, 5) is 0. The van der Waals surface area contributed by atoms with E-state index in [1.807, 2.05) is 30.3 Å². The minimum Gasteiger partial charge on any atom is -0.409 e. The molecule has 0 aliphatic carbocycles. The highest BCUT2D eigenvalue weighted by molar-refractivity contribution is 6.74. The molecule has 2 rings (SSSR count). The van der Waals surface area contributed by atoms with Gasteiger partial charge in [-0.3, -0.25) is 0 Å². The summed E-state index contributed by atoms with van der Waals surface area (Å²) in [6.07, 6.45) is 0. The molecule has 2 aromatic rings. The SMILES string of the molecule is CC(C)(C)[Si](C)(C)OCc1cc(-c2ccccc2Cl)no1. The summed E-state index contributed by atoms with van der Waals surface area (Å²) in [5, 5.41) is 4.93. The van der Waals surface area contributed by atoms with Crippen LogP contribution in [0.2, 0.25) is 23.2 Å². The van der Waals surface area contributed by atoms with E-state index in [0.29, 0.717) is 11.6 Å². The lowest BCUT2D eigenvalue weighted by atomic mass is 10.1. The van der Waals surface area contributed by atoms with E-state index in [2.05, 4.69) is 39.0 Å². The van der Waals surface area contributed by atoms with E-state index in [1.165, 1.54) is 0 Å². The molecule has 0 saturated heterocycles. The van der Waals surface area contributed by atoms with Gasteiger partial charge in [0.1, 0.15) is 5.69 Å². The van der Waals surface area contributed by atoms with E-state index in [9.17, 15) is 0 Å². The molecule has 0 aliphatic rings. The Morgan fingerprint density at radius 1 is 1.24 bits per heavy atom. The molecular formula is C16H22ClNO2Si. The number of benzene rings is 1. The van der Waals surface area contributed by atoms with Gasteiger partial charge < -0.3 is 8.95 Å². The quantitative estimate of drug-likeness (QED) is 0.695. The summed E-state index contributed by atoms with van der Waals surface area (Å²) >= 11 is 6.17. The summed E-state index contributed by atoms with van der Waals surface area (Å²) in [7, 11) is -1.78. The van der Waals surface area contributed by atoms with E-state index in [0.717, 1.165) is 17.0 Å². The van der Waals surface area contributed by atoms with Crippen molar-refractivity contribution in [2.45, 2.75) is 45.5 Å². The lowest BCUT2D eigenvalue weighted by Crippen LogP contribution is -2.40. The van der Waals surface area contributed by atoms with E-state index in [1.54, 1.807) is 0 Å². The van der Waals surface area contributed by atoms with E-state index >= 15 is 0 Å². The van der Waals surface area contributed by atoms with Crippen LogP contribution in [0.1, 0.15) is 26.5 Å². The van der Waals surface area contributed by atoms with Gasteiger partial charge in [0.15, 0.2) is 14.1 Å². The monoisotopic (exact) mass is 323 g/mol. The Labute approximate surface area is 132 Å². The number of aromatic nitrogens is 1. The normalized spacial score (nSPS) is 12.7. The molecule has 0 spiro atoms. The highest BCUT2D eigenvalue weighted by Crippen LogP contribution is 2.37. The highest BCUT2D eigenvalue weighted by Gasteiger charge is 2.37. The fourth-order valence-corrected chi connectivity index (χ4v) is 2.81. The third-order valence-electron chi connectivity index (χ3n) is 4.09. The van der Waals surface area contributed by atoms with Gasteiger partial charge in [0.2, 0.25) is 0 Å².